The molecule has 0 saturated carbocycles. The van der Waals surface area contributed by atoms with Crippen LogP contribution in [0.25, 0.3) is 0 Å². The number of rotatable bonds is 2. The number of hydrogen-bond donors (Lipinski definition) is 2. The van der Waals surface area contributed by atoms with Crippen LogP contribution in [0.4, 0.5) is 10.5 Å². The quantitative estimate of drug-likeness (QED) is 0.886. The minimum absolute atomic E-state index is 0.0331. The molecular weight excluding hydrogens is 314 g/mol. The first-order chi connectivity index (χ1) is 12.0. The average Bonchev–Trinajstić information content (AvgIpc) is 2.60. The molecule has 2 aliphatic rings. The first-order valence-electron chi connectivity index (χ1n) is 8.56. The van der Waals surface area contributed by atoms with E-state index in [2.05, 4.69) is 28.8 Å². The first-order valence-corrected chi connectivity index (χ1v) is 8.56. The molecular formula is C20H21N3O2. The number of nitrogens with zero attached hydrogens (tertiary/aromatic N) is 1. The lowest BCUT2D eigenvalue weighted by Gasteiger charge is -2.35. The summed E-state index contributed by atoms with van der Waals surface area (Å²) < 4.78 is 0. The van der Waals surface area contributed by atoms with Gasteiger partial charge in [-0.05, 0) is 42.7 Å². The minimum atomic E-state index is -0.0799. The van der Waals surface area contributed by atoms with Crippen molar-refractivity contribution in [1.29, 1.82) is 0 Å². The molecule has 25 heavy (non-hydrogen) atoms. The van der Waals surface area contributed by atoms with Gasteiger partial charge in [-0.25, -0.2) is 4.79 Å². The van der Waals surface area contributed by atoms with Crippen LogP contribution >= 0.6 is 0 Å². The van der Waals surface area contributed by atoms with Crippen molar-refractivity contribution in [3.8, 4) is 0 Å². The van der Waals surface area contributed by atoms with Gasteiger partial charge in [-0.3, -0.25) is 9.69 Å². The number of hydrogen-bond acceptors (Lipinski definition) is 2. The second kappa shape index (κ2) is 5.92. The Kier molecular flexibility index (Phi) is 3.71. The molecule has 2 aromatic rings. The molecule has 1 atom stereocenters. The van der Waals surface area contributed by atoms with Gasteiger partial charge in [0, 0.05) is 31.1 Å². The summed E-state index contributed by atoms with van der Waals surface area (Å²) in [4.78, 5) is 26.5. The molecule has 4 rings (SSSR count). The van der Waals surface area contributed by atoms with Crippen LogP contribution in [0.3, 0.4) is 0 Å². The van der Waals surface area contributed by atoms with Crippen LogP contribution in [0.2, 0.25) is 0 Å². The molecule has 0 fully saturated rings. The van der Waals surface area contributed by atoms with Gasteiger partial charge in [-0.2, -0.15) is 0 Å². The number of anilines is 1. The van der Waals surface area contributed by atoms with E-state index < -0.39 is 0 Å². The van der Waals surface area contributed by atoms with Crippen molar-refractivity contribution >= 4 is 17.6 Å². The molecule has 5 nitrogen and oxygen atoms in total. The van der Waals surface area contributed by atoms with E-state index in [9.17, 15) is 9.59 Å². The number of fused-ring (bicyclic) bond motifs is 2. The maximum atomic E-state index is 12.5. The summed E-state index contributed by atoms with van der Waals surface area (Å²) in [6.45, 7) is 5.65. The Morgan fingerprint density at radius 1 is 1.04 bits per heavy atom. The number of benzene rings is 2. The van der Waals surface area contributed by atoms with Gasteiger partial charge < -0.3 is 10.6 Å². The fraction of sp³-hybridized carbons (Fsp3) is 0.300. The van der Waals surface area contributed by atoms with E-state index in [0.717, 1.165) is 33.5 Å². The Balaban J connectivity index is 1.70. The van der Waals surface area contributed by atoms with E-state index in [1.807, 2.05) is 32.0 Å². The van der Waals surface area contributed by atoms with Gasteiger partial charge in [0.2, 0.25) is 0 Å². The molecule has 128 valence electrons. The molecule has 0 spiro atoms. The normalized spacial score (nSPS) is 19.0. The fourth-order valence-corrected chi connectivity index (χ4v) is 3.66. The minimum Gasteiger partial charge on any atom is -0.351 e. The van der Waals surface area contributed by atoms with Crippen LogP contribution in [0.5, 0.6) is 0 Å². The van der Waals surface area contributed by atoms with Crippen molar-refractivity contribution in [1.82, 2.24) is 10.6 Å². The van der Waals surface area contributed by atoms with E-state index in [1.165, 1.54) is 0 Å². The van der Waals surface area contributed by atoms with Crippen molar-refractivity contribution in [2.45, 2.75) is 26.3 Å². The zero-order valence-electron chi connectivity index (χ0n) is 14.4. The number of urea groups is 1. The number of amides is 3. The number of carbonyl (C=O) groups is 2. The summed E-state index contributed by atoms with van der Waals surface area (Å²) in [6.07, 6.45) is 0. The van der Waals surface area contributed by atoms with Crippen molar-refractivity contribution in [2.75, 3.05) is 18.0 Å². The first kappa shape index (κ1) is 15.7. The zero-order chi connectivity index (χ0) is 17.6. The van der Waals surface area contributed by atoms with Gasteiger partial charge in [-0.1, -0.05) is 29.8 Å². The van der Waals surface area contributed by atoms with Gasteiger partial charge in [0.25, 0.3) is 5.91 Å². The second-order valence-corrected chi connectivity index (χ2v) is 6.90. The molecule has 0 bridgehead atoms. The summed E-state index contributed by atoms with van der Waals surface area (Å²) >= 11 is 0. The Morgan fingerprint density at radius 2 is 1.80 bits per heavy atom. The standard InChI is InChI=1S/C20H21N3O2/c1-12-4-6-16-15(10-21-19(24)17(16)7-12)11-23-18-8-13(2)3-5-14(18)9-22-20(23)25/h3-8,15H,9-11H2,1-2H3,(H,21,24)(H,22,25). The van der Waals surface area contributed by atoms with E-state index >= 15 is 0 Å². The Hall–Kier alpha value is -2.82. The SMILES string of the molecule is Cc1ccc2c(c1)C(=O)NCC2CN1C(=O)NCc2ccc(C)cc21. The van der Waals surface area contributed by atoms with Crippen molar-refractivity contribution in [3.05, 3.63) is 64.2 Å². The molecule has 2 heterocycles. The smallest absolute Gasteiger partial charge is 0.322 e. The lowest BCUT2D eigenvalue weighted by Crippen LogP contribution is -2.48. The Labute approximate surface area is 147 Å². The van der Waals surface area contributed by atoms with Crippen molar-refractivity contribution < 1.29 is 9.59 Å². The molecule has 1 unspecified atom stereocenters. The highest BCUT2D eigenvalue weighted by atomic mass is 16.2. The number of nitrogens with one attached hydrogen (secondary N) is 2. The van der Waals surface area contributed by atoms with Gasteiger partial charge in [0.05, 0.1) is 5.69 Å². The molecule has 2 aliphatic heterocycles. The van der Waals surface area contributed by atoms with E-state index in [4.69, 9.17) is 0 Å². The van der Waals surface area contributed by atoms with E-state index in [0.29, 0.717) is 19.6 Å². The van der Waals surface area contributed by atoms with E-state index in [1.54, 1.807) is 4.90 Å². The summed E-state index contributed by atoms with van der Waals surface area (Å²) in [5, 5.41) is 5.90. The molecule has 0 radical (unpaired) electrons. The largest absolute Gasteiger partial charge is 0.351 e. The third-order valence-corrected chi connectivity index (χ3v) is 5.01. The van der Waals surface area contributed by atoms with Crippen LogP contribution in [0.15, 0.2) is 36.4 Å². The predicted octanol–water partition coefficient (Wildman–Crippen LogP) is 2.86. The maximum Gasteiger partial charge on any atom is 0.322 e. The predicted molar refractivity (Wildman–Crippen MR) is 97.0 cm³/mol. The monoisotopic (exact) mass is 335 g/mol. The highest BCUT2D eigenvalue weighted by Gasteiger charge is 2.31. The van der Waals surface area contributed by atoms with Gasteiger partial charge >= 0.3 is 6.03 Å². The molecule has 0 saturated heterocycles. The summed E-state index contributed by atoms with van der Waals surface area (Å²) in [6, 6.07) is 12.1. The lowest BCUT2D eigenvalue weighted by molar-refractivity contribution is 0.0940. The van der Waals surface area contributed by atoms with Crippen LogP contribution in [0.1, 0.15) is 38.5 Å². The summed E-state index contributed by atoms with van der Waals surface area (Å²) in [5.41, 5.74) is 6.02. The number of aryl methyl sites for hydroxylation is 2. The van der Waals surface area contributed by atoms with Crippen LogP contribution in [0, 0.1) is 13.8 Å². The molecule has 0 aromatic heterocycles. The van der Waals surface area contributed by atoms with E-state index in [-0.39, 0.29) is 17.9 Å². The molecule has 3 amide bonds. The Morgan fingerprint density at radius 3 is 2.64 bits per heavy atom. The highest BCUT2D eigenvalue weighted by Crippen LogP contribution is 2.31. The van der Waals surface area contributed by atoms with Gasteiger partial charge in [-0.15, -0.1) is 0 Å². The second-order valence-electron chi connectivity index (χ2n) is 6.90. The van der Waals surface area contributed by atoms with Crippen LogP contribution in [-0.2, 0) is 6.54 Å². The number of carbonyl (C=O) groups excluding carboxylic acids is 2. The van der Waals surface area contributed by atoms with Crippen LogP contribution in [-0.4, -0.2) is 25.0 Å². The van der Waals surface area contributed by atoms with Crippen molar-refractivity contribution in [2.24, 2.45) is 0 Å². The summed E-state index contributed by atoms with van der Waals surface area (Å²) in [7, 11) is 0. The third-order valence-electron chi connectivity index (χ3n) is 5.01. The molecule has 2 aromatic carbocycles. The maximum absolute atomic E-state index is 12.5. The van der Waals surface area contributed by atoms with Gasteiger partial charge in [0.1, 0.15) is 0 Å². The summed E-state index contributed by atoms with van der Waals surface area (Å²) in [5.74, 6) is 0.0415. The zero-order valence-corrected chi connectivity index (χ0v) is 14.4. The average molecular weight is 335 g/mol. The van der Waals surface area contributed by atoms with Gasteiger partial charge in [0.15, 0.2) is 0 Å². The Bertz CT molecular complexity index is 875. The molecule has 5 heteroatoms. The lowest BCUT2D eigenvalue weighted by atomic mass is 9.88. The highest BCUT2D eigenvalue weighted by molar-refractivity contribution is 5.98. The third kappa shape index (κ3) is 2.76. The fourth-order valence-electron chi connectivity index (χ4n) is 3.66. The van der Waals surface area contributed by atoms with Crippen LogP contribution < -0.4 is 15.5 Å². The molecule has 0 aliphatic carbocycles. The molecule has 2 N–H and O–H groups in total. The van der Waals surface area contributed by atoms with Crippen molar-refractivity contribution in [3.63, 3.8) is 0 Å². The topological polar surface area (TPSA) is 61.4 Å².